The normalized spacial score (nSPS) is 31.2. The monoisotopic (exact) mass is 230 g/mol. The van der Waals surface area contributed by atoms with Crippen LogP contribution in [0, 0.1) is 17.2 Å². The summed E-state index contributed by atoms with van der Waals surface area (Å²) in [5, 5.41) is 14.7. The fourth-order valence-corrected chi connectivity index (χ4v) is 1.64. The van der Waals surface area contributed by atoms with Crippen molar-refractivity contribution in [3.8, 4) is 6.07 Å². The van der Waals surface area contributed by atoms with Crippen LogP contribution in [-0.2, 0) is 4.79 Å². The van der Waals surface area contributed by atoms with Gasteiger partial charge in [-0.2, -0.15) is 5.26 Å². The molecule has 0 aromatic rings. The summed E-state index contributed by atoms with van der Waals surface area (Å²) >= 11 is 0. The van der Waals surface area contributed by atoms with Crippen LogP contribution in [0.5, 0.6) is 0 Å². The molecular formula is C9H15ClN4O. The van der Waals surface area contributed by atoms with Gasteiger partial charge in [-0.25, -0.2) is 0 Å². The van der Waals surface area contributed by atoms with Crippen LogP contribution in [0.1, 0.15) is 12.8 Å². The van der Waals surface area contributed by atoms with Gasteiger partial charge in [0.25, 0.3) is 0 Å². The highest BCUT2D eigenvalue weighted by Gasteiger charge is 2.47. The molecule has 1 amide bonds. The smallest absolute Gasteiger partial charge is 0.240 e. The molecular weight excluding hydrogens is 216 g/mol. The number of hydrogen-bond donors (Lipinski definition) is 3. The molecule has 0 spiro atoms. The third kappa shape index (κ3) is 2.40. The van der Waals surface area contributed by atoms with E-state index in [9.17, 15) is 4.79 Å². The van der Waals surface area contributed by atoms with Gasteiger partial charge in [0.2, 0.25) is 5.91 Å². The predicted molar refractivity (Wildman–Crippen MR) is 57.3 cm³/mol. The molecule has 4 N–H and O–H groups in total. The average Bonchev–Trinajstić information content (AvgIpc) is 2.78. The highest BCUT2D eigenvalue weighted by Crippen LogP contribution is 2.32. The minimum absolute atomic E-state index is 0. The van der Waals surface area contributed by atoms with E-state index in [1.807, 2.05) is 0 Å². The van der Waals surface area contributed by atoms with Crippen LogP contribution in [0.4, 0.5) is 0 Å². The Morgan fingerprint density at radius 3 is 2.73 bits per heavy atom. The molecule has 2 atom stereocenters. The number of nitriles is 1. The van der Waals surface area contributed by atoms with Gasteiger partial charge in [-0.15, -0.1) is 12.4 Å². The lowest BCUT2D eigenvalue weighted by molar-refractivity contribution is -0.124. The second kappa shape index (κ2) is 4.35. The van der Waals surface area contributed by atoms with Gasteiger partial charge in [-0.05, 0) is 12.8 Å². The zero-order valence-electron chi connectivity index (χ0n) is 8.32. The van der Waals surface area contributed by atoms with Crippen LogP contribution < -0.4 is 16.4 Å². The van der Waals surface area contributed by atoms with Crippen molar-refractivity contribution in [3.05, 3.63) is 0 Å². The van der Waals surface area contributed by atoms with Gasteiger partial charge in [0, 0.05) is 13.1 Å². The molecule has 1 heterocycles. The van der Waals surface area contributed by atoms with Crippen molar-refractivity contribution in [2.75, 3.05) is 13.1 Å². The lowest BCUT2D eigenvalue weighted by Crippen LogP contribution is -2.49. The Kier molecular flexibility index (Phi) is 3.55. The molecule has 0 bridgehead atoms. The topological polar surface area (TPSA) is 90.9 Å². The number of carbonyl (C=O) groups excluding carboxylic acids is 1. The first-order chi connectivity index (χ1) is 6.65. The van der Waals surface area contributed by atoms with Crippen molar-refractivity contribution in [1.29, 1.82) is 5.26 Å². The van der Waals surface area contributed by atoms with Gasteiger partial charge >= 0.3 is 0 Å². The van der Waals surface area contributed by atoms with Gasteiger partial charge in [0.1, 0.15) is 0 Å². The number of amides is 1. The molecule has 1 saturated carbocycles. The number of nitrogens with zero attached hydrogens (tertiary/aromatic N) is 1. The van der Waals surface area contributed by atoms with Crippen molar-refractivity contribution in [1.82, 2.24) is 10.6 Å². The summed E-state index contributed by atoms with van der Waals surface area (Å²) in [5.74, 6) is -0.229. The van der Waals surface area contributed by atoms with Crippen LogP contribution in [-0.4, -0.2) is 30.6 Å². The summed E-state index contributed by atoms with van der Waals surface area (Å²) < 4.78 is 0. The third-order valence-electron chi connectivity index (χ3n) is 2.94. The van der Waals surface area contributed by atoms with Gasteiger partial charge in [-0.1, -0.05) is 0 Å². The second-order valence-corrected chi connectivity index (χ2v) is 4.13. The molecule has 1 aliphatic carbocycles. The maximum atomic E-state index is 11.6. The Morgan fingerprint density at radius 2 is 2.20 bits per heavy atom. The van der Waals surface area contributed by atoms with Crippen molar-refractivity contribution in [2.45, 2.75) is 24.4 Å². The maximum Gasteiger partial charge on any atom is 0.240 e. The summed E-state index contributed by atoms with van der Waals surface area (Å²) in [7, 11) is 0. The lowest BCUT2D eigenvalue weighted by atomic mass is 10.1. The molecule has 0 aromatic heterocycles. The van der Waals surface area contributed by atoms with Crippen molar-refractivity contribution >= 4 is 18.3 Å². The molecule has 2 aliphatic rings. The number of halogens is 1. The molecule has 2 fully saturated rings. The Labute approximate surface area is 94.8 Å². The standard InChI is InChI=1S/C9H14N4O.ClH/c10-3-6-4-12-5-7(6)13-8(14)9(11)1-2-9;/h6-7,12H,1-2,4-5,11H2,(H,13,14);1H. The summed E-state index contributed by atoms with van der Waals surface area (Å²) in [6.07, 6.45) is 1.52. The Bertz CT molecular complexity index is 297. The molecule has 6 heteroatoms. The first kappa shape index (κ1) is 12.2. The van der Waals surface area contributed by atoms with Crippen molar-refractivity contribution < 1.29 is 4.79 Å². The average molecular weight is 231 g/mol. The summed E-state index contributed by atoms with van der Waals surface area (Å²) in [6, 6.07) is 2.10. The van der Waals surface area contributed by atoms with E-state index in [-0.39, 0.29) is 30.3 Å². The SMILES string of the molecule is Cl.N#CC1CNCC1NC(=O)C1(N)CC1. The Hall–Kier alpha value is -0.830. The van der Waals surface area contributed by atoms with Crippen LogP contribution >= 0.6 is 12.4 Å². The van der Waals surface area contributed by atoms with Crippen LogP contribution in [0.15, 0.2) is 0 Å². The number of carbonyl (C=O) groups is 1. The van der Waals surface area contributed by atoms with Crippen molar-refractivity contribution in [3.63, 3.8) is 0 Å². The van der Waals surface area contributed by atoms with Crippen LogP contribution in [0.3, 0.4) is 0 Å². The minimum Gasteiger partial charge on any atom is -0.349 e. The van der Waals surface area contributed by atoms with Gasteiger partial charge < -0.3 is 16.4 Å². The fourth-order valence-electron chi connectivity index (χ4n) is 1.64. The highest BCUT2D eigenvalue weighted by atomic mass is 35.5. The Morgan fingerprint density at radius 1 is 1.53 bits per heavy atom. The summed E-state index contributed by atoms with van der Waals surface area (Å²) in [4.78, 5) is 11.6. The molecule has 1 aliphatic heterocycles. The lowest BCUT2D eigenvalue weighted by Gasteiger charge is -2.17. The van der Waals surface area contributed by atoms with Crippen LogP contribution in [0.25, 0.3) is 0 Å². The van der Waals surface area contributed by atoms with E-state index in [0.29, 0.717) is 13.1 Å². The molecule has 5 nitrogen and oxygen atoms in total. The highest BCUT2D eigenvalue weighted by molar-refractivity contribution is 5.89. The van der Waals surface area contributed by atoms with Gasteiger partial charge in [0.15, 0.2) is 0 Å². The number of hydrogen-bond acceptors (Lipinski definition) is 4. The minimum atomic E-state index is -0.636. The molecule has 2 unspecified atom stereocenters. The van der Waals surface area contributed by atoms with Gasteiger partial charge in [-0.3, -0.25) is 4.79 Å². The Balaban J connectivity index is 0.00000112. The van der Waals surface area contributed by atoms with E-state index in [0.717, 1.165) is 12.8 Å². The molecule has 15 heavy (non-hydrogen) atoms. The number of nitrogens with one attached hydrogen (secondary N) is 2. The quantitative estimate of drug-likeness (QED) is 0.575. The zero-order valence-corrected chi connectivity index (χ0v) is 9.14. The van der Waals surface area contributed by atoms with E-state index in [2.05, 4.69) is 16.7 Å². The molecule has 84 valence electrons. The molecule has 1 saturated heterocycles. The fraction of sp³-hybridized carbons (Fsp3) is 0.778. The zero-order chi connectivity index (χ0) is 10.2. The van der Waals surface area contributed by atoms with E-state index in [1.54, 1.807) is 0 Å². The maximum absolute atomic E-state index is 11.6. The van der Waals surface area contributed by atoms with E-state index in [1.165, 1.54) is 0 Å². The van der Waals surface area contributed by atoms with E-state index in [4.69, 9.17) is 11.0 Å². The first-order valence-electron chi connectivity index (χ1n) is 4.86. The largest absolute Gasteiger partial charge is 0.349 e. The van der Waals surface area contributed by atoms with E-state index >= 15 is 0 Å². The predicted octanol–water partition coefficient (Wildman–Crippen LogP) is -0.873. The number of rotatable bonds is 2. The third-order valence-corrected chi connectivity index (χ3v) is 2.94. The van der Waals surface area contributed by atoms with Gasteiger partial charge in [0.05, 0.1) is 23.6 Å². The molecule has 2 rings (SSSR count). The second-order valence-electron chi connectivity index (χ2n) is 4.13. The summed E-state index contributed by atoms with van der Waals surface area (Å²) in [5.41, 5.74) is 5.10. The molecule has 0 aromatic carbocycles. The first-order valence-corrected chi connectivity index (χ1v) is 4.86. The van der Waals surface area contributed by atoms with Crippen molar-refractivity contribution in [2.24, 2.45) is 11.7 Å². The summed E-state index contributed by atoms with van der Waals surface area (Å²) in [6.45, 7) is 1.32. The van der Waals surface area contributed by atoms with Crippen LogP contribution in [0.2, 0.25) is 0 Å². The van der Waals surface area contributed by atoms with E-state index < -0.39 is 5.54 Å². The number of nitrogens with two attached hydrogens (primary N) is 1. The molecule has 0 radical (unpaired) electrons.